The third kappa shape index (κ3) is 7.55. The lowest BCUT2D eigenvalue weighted by Crippen LogP contribution is -2.34. The summed E-state index contributed by atoms with van der Waals surface area (Å²) in [4.78, 5) is 18.2. The molecule has 2 saturated heterocycles. The Hall–Kier alpha value is -1.73. The fourth-order valence-electron chi connectivity index (χ4n) is 3.35. The zero-order valence-electron chi connectivity index (χ0n) is 16.3. The Balaban J connectivity index is 0.000000255. The van der Waals surface area contributed by atoms with Crippen molar-refractivity contribution in [3.8, 4) is 5.88 Å². The topological polar surface area (TPSA) is 73.3 Å². The number of hydrogen-bond acceptors (Lipinski definition) is 6. The van der Waals surface area contributed by atoms with Gasteiger partial charge in [0, 0.05) is 36.7 Å². The molecule has 0 bridgehead atoms. The van der Waals surface area contributed by atoms with E-state index in [4.69, 9.17) is 21.1 Å². The van der Waals surface area contributed by atoms with Crippen molar-refractivity contribution in [2.24, 2.45) is 0 Å². The number of nitrogens with one attached hydrogen (secondary N) is 1. The Morgan fingerprint density at radius 3 is 2.52 bits per heavy atom. The molecule has 0 unspecified atom stereocenters. The van der Waals surface area contributed by atoms with E-state index < -0.39 is 0 Å². The van der Waals surface area contributed by atoms with Gasteiger partial charge in [-0.2, -0.15) is 0 Å². The van der Waals surface area contributed by atoms with E-state index in [2.05, 4.69) is 21.4 Å². The standard InChI is InChI=1S/C15H22N2O2.C6H4ClNO.ClH/c1-2-14(12-5-10-18-11-6-12)15(17-7-1)19-13-3-8-16-9-4-13;7-6-2-1-5(4-9)3-8-6;/h1-2,7,12-13,16H,3-6,8-11H2;1-4H;1H. The second kappa shape index (κ2) is 12.8. The molecule has 1 N–H and O–H groups in total. The summed E-state index contributed by atoms with van der Waals surface area (Å²) < 4.78 is 11.6. The molecule has 2 fully saturated rings. The third-order valence-electron chi connectivity index (χ3n) is 4.91. The van der Waals surface area contributed by atoms with Gasteiger partial charge >= 0.3 is 0 Å². The van der Waals surface area contributed by atoms with Gasteiger partial charge in [-0.1, -0.05) is 17.7 Å². The summed E-state index contributed by atoms with van der Waals surface area (Å²) in [6, 6.07) is 7.37. The molecule has 2 aromatic heterocycles. The second-order valence-electron chi connectivity index (χ2n) is 6.88. The van der Waals surface area contributed by atoms with E-state index in [1.54, 1.807) is 12.1 Å². The van der Waals surface area contributed by atoms with Crippen LogP contribution in [-0.4, -0.2) is 48.7 Å². The minimum Gasteiger partial charge on any atom is -0.474 e. The van der Waals surface area contributed by atoms with Gasteiger partial charge in [0.1, 0.15) is 11.3 Å². The van der Waals surface area contributed by atoms with Crippen LogP contribution in [0.2, 0.25) is 5.15 Å². The highest BCUT2D eigenvalue weighted by molar-refractivity contribution is 6.29. The van der Waals surface area contributed by atoms with E-state index in [9.17, 15) is 4.79 Å². The van der Waals surface area contributed by atoms with E-state index in [0.717, 1.165) is 64.2 Å². The van der Waals surface area contributed by atoms with Crippen molar-refractivity contribution in [2.45, 2.75) is 37.7 Å². The summed E-state index contributed by atoms with van der Waals surface area (Å²) in [6.07, 6.45) is 8.60. The lowest BCUT2D eigenvalue weighted by Gasteiger charge is -2.27. The maximum Gasteiger partial charge on any atom is 0.217 e. The predicted octanol–water partition coefficient (Wildman–Crippen LogP) is 4.08. The van der Waals surface area contributed by atoms with Gasteiger partial charge < -0.3 is 14.8 Å². The van der Waals surface area contributed by atoms with Gasteiger partial charge in [-0.3, -0.25) is 4.79 Å². The van der Waals surface area contributed by atoms with Crippen LogP contribution in [0.5, 0.6) is 5.88 Å². The molecule has 29 heavy (non-hydrogen) atoms. The highest BCUT2D eigenvalue weighted by atomic mass is 35.5. The van der Waals surface area contributed by atoms with Gasteiger partial charge in [-0.05, 0) is 62.9 Å². The quantitative estimate of drug-likeness (QED) is 0.571. The first-order valence-corrected chi connectivity index (χ1v) is 10.1. The number of carbonyl (C=O) groups is 1. The first kappa shape index (κ1) is 23.5. The van der Waals surface area contributed by atoms with Crippen LogP contribution in [0, 0.1) is 0 Å². The van der Waals surface area contributed by atoms with E-state index in [1.807, 2.05) is 12.3 Å². The molecule has 0 spiro atoms. The maximum absolute atomic E-state index is 10.0. The number of rotatable bonds is 4. The van der Waals surface area contributed by atoms with Gasteiger partial charge in [0.05, 0.1) is 0 Å². The van der Waals surface area contributed by atoms with E-state index in [0.29, 0.717) is 22.7 Å². The average molecular weight is 440 g/mol. The van der Waals surface area contributed by atoms with Crippen molar-refractivity contribution >= 4 is 30.3 Å². The largest absolute Gasteiger partial charge is 0.474 e. The van der Waals surface area contributed by atoms with Gasteiger partial charge in [-0.25, -0.2) is 9.97 Å². The number of ether oxygens (including phenoxy) is 2. The number of piperidine rings is 1. The number of aromatic nitrogens is 2. The molecule has 0 atom stereocenters. The Morgan fingerprint density at radius 2 is 1.86 bits per heavy atom. The average Bonchev–Trinajstić information content (AvgIpc) is 2.77. The van der Waals surface area contributed by atoms with Crippen LogP contribution in [0.15, 0.2) is 36.7 Å². The molecule has 2 aliphatic rings. The smallest absolute Gasteiger partial charge is 0.217 e. The van der Waals surface area contributed by atoms with Crippen LogP contribution in [0.3, 0.4) is 0 Å². The third-order valence-corrected chi connectivity index (χ3v) is 5.14. The monoisotopic (exact) mass is 439 g/mol. The summed E-state index contributed by atoms with van der Waals surface area (Å²) in [5, 5.41) is 3.76. The highest BCUT2D eigenvalue weighted by Gasteiger charge is 2.22. The van der Waals surface area contributed by atoms with Crippen LogP contribution < -0.4 is 10.1 Å². The van der Waals surface area contributed by atoms with Gasteiger partial charge in [-0.15, -0.1) is 12.4 Å². The molecular formula is C21H27Cl2N3O3. The van der Waals surface area contributed by atoms with Crippen molar-refractivity contribution in [1.29, 1.82) is 0 Å². The molecule has 0 radical (unpaired) electrons. The molecule has 4 rings (SSSR count). The minimum atomic E-state index is 0. The molecule has 0 saturated carbocycles. The summed E-state index contributed by atoms with van der Waals surface area (Å²) in [5.74, 6) is 1.39. The number of hydrogen-bond donors (Lipinski definition) is 1. The molecule has 2 aromatic rings. The van der Waals surface area contributed by atoms with Crippen molar-refractivity contribution in [1.82, 2.24) is 15.3 Å². The summed E-state index contributed by atoms with van der Waals surface area (Å²) >= 11 is 5.44. The first-order chi connectivity index (χ1) is 13.8. The first-order valence-electron chi connectivity index (χ1n) is 9.73. The van der Waals surface area contributed by atoms with E-state index in [-0.39, 0.29) is 12.4 Å². The number of nitrogens with zero attached hydrogens (tertiary/aromatic N) is 2. The maximum atomic E-state index is 10.0. The number of pyridine rings is 2. The van der Waals surface area contributed by atoms with E-state index in [1.165, 1.54) is 11.8 Å². The lowest BCUT2D eigenvalue weighted by molar-refractivity contribution is 0.0832. The fraction of sp³-hybridized carbons (Fsp3) is 0.476. The number of carbonyl (C=O) groups excluding carboxylic acids is 1. The van der Waals surface area contributed by atoms with Crippen LogP contribution in [0.1, 0.15) is 47.5 Å². The summed E-state index contributed by atoms with van der Waals surface area (Å²) in [6.45, 7) is 3.80. The van der Waals surface area contributed by atoms with Gasteiger partial charge in [0.2, 0.25) is 5.88 Å². The molecular weight excluding hydrogens is 413 g/mol. The number of halogens is 2. The van der Waals surface area contributed by atoms with Gasteiger partial charge in [0.25, 0.3) is 0 Å². The van der Waals surface area contributed by atoms with Crippen molar-refractivity contribution in [3.05, 3.63) is 52.9 Å². The Bertz CT molecular complexity index is 734. The predicted molar refractivity (Wildman–Crippen MR) is 115 cm³/mol. The fourth-order valence-corrected chi connectivity index (χ4v) is 3.46. The summed E-state index contributed by atoms with van der Waals surface area (Å²) in [7, 11) is 0. The van der Waals surface area contributed by atoms with Crippen LogP contribution in [0.25, 0.3) is 0 Å². The molecule has 0 aromatic carbocycles. The Morgan fingerprint density at radius 1 is 1.10 bits per heavy atom. The van der Waals surface area contributed by atoms with Crippen LogP contribution in [-0.2, 0) is 4.74 Å². The molecule has 0 aliphatic carbocycles. The molecule has 4 heterocycles. The van der Waals surface area contributed by atoms with Crippen molar-refractivity contribution < 1.29 is 14.3 Å². The normalized spacial score (nSPS) is 17.4. The van der Waals surface area contributed by atoms with Gasteiger partial charge in [0.15, 0.2) is 6.29 Å². The van der Waals surface area contributed by atoms with Crippen LogP contribution in [0.4, 0.5) is 0 Å². The minimum absolute atomic E-state index is 0. The highest BCUT2D eigenvalue weighted by Crippen LogP contribution is 2.33. The Kier molecular flexibility index (Phi) is 10.4. The second-order valence-corrected chi connectivity index (χ2v) is 7.27. The van der Waals surface area contributed by atoms with Crippen molar-refractivity contribution in [2.75, 3.05) is 26.3 Å². The molecule has 6 nitrogen and oxygen atoms in total. The molecule has 8 heteroatoms. The van der Waals surface area contributed by atoms with Crippen molar-refractivity contribution in [3.63, 3.8) is 0 Å². The molecule has 0 amide bonds. The number of aldehydes is 1. The summed E-state index contributed by atoms with van der Waals surface area (Å²) in [5.41, 5.74) is 1.81. The lowest BCUT2D eigenvalue weighted by atomic mass is 9.92. The molecule has 2 aliphatic heterocycles. The zero-order valence-corrected chi connectivity index (χ0v) is 17.8. The SMILES string of the molecule is Cl.O=Cc1ccc(Cl)nc1.c1cnc(OC2CCNCC2)c(C2CCOCC2)c1. The molecule has 158 valence electrons. The zero-order chi connectivity index (χ0) is 19.6. The van der Waals surface area contributed by atoms with E-state index >= 15 is 0 Å². The Labute approximate surface area is 182 Å². The van der Waals surface area contributed by atoms with Crippen LogP contribution >= 0.6 is 24.0 Å².